The van der Waals surface area contributed by atoms with Gasteiger partial charge in [-0.05, 0) is 37.2 Å². The number of nitrogens with zero attached hydrogens (tertiary/aromatic N) is 2. The van der Waals surface area contributed by atoms with Crippen LogP contribution in [0.3, 0.4) is 0 Å². The van der Waals surface area contributed by atoms with Gasteiger partial charge in [-0.2, -0.15) is 0 Å². The molecule has 1 amide bonds. The molecule has 0 saturated carbocycles. The number of likely N-dealkylation sites (N-methyl/N-ethyl adjacent to an activating group) is 1. The molecule has 19 heavy (non-hydrogen) atoms. The van der Waals surface area contributed by atoms with Crippen LogP contribution in [0, 0.1) is 0 Å². The van der Waals surface area contributed by atoms with E-state index in [4.69, 9.17) is 5.73 Å². The minimum absolute atomic E-state index is 0.359. The van der Waals surface area contributed by atoms with Crippen LogP contribution in [0.1, 0.15) is 20.8 Å². The van der Waals surface area contributed by atoms with Gasteiger partial charge >= 0.3 is 0 Å². The highest BCUT2D eigenvalue weighted by atomic mass is 32.1. The summed E-state index contributed by atoms with van der Waals surface area (Å²) in [5.74, 6) is -0.359. The molecule has 0 radical (unpaired) electrons. The highest BCUT2D eigenvalue weighted by molar-refractivity contribution is 7.10. The maximum atomic E-state index is 11.0. The number of pyridine rings is 1. The number of amides is 1. The number of hydrogen-bond acceptors (Lipinski definition) is 4. The Kier molecular flexibility index (Phi) is 4.65. The standard InChI is InChI=1S/C14H17N3OS/c1-17(7-4-11-2-5-16-6-3-11)9-13-8-12(10-19-13)14(15)18/h2-3,5-6,8,10H,4,7,9H2,1H3,(H2,15,18). The molecule has 2 rings (SSSR count). The third-order valence-electron chi connectivity index (χ3n) is 2.90. The first-order valence-electron chi connectivity index (χ1n) is 6.10. The number of rotatable bonds is 6. The van der Waals surface area contributed by atoms with Crippen LogP contribution in [0.4, 0.5) is 0 Å². The molecule has 0 bridgehead atoms. The summed E-state index contributed by atoms with van der Waals surface area (Å²) in [4.78, 5) is 18.4. The largest absolute Gasteiger partial charge is 0.366 e. The summed E-state index contributed by atoms with van der Waals surface area (Å²) in [5.41, 5.74) is 7.12. The average molecular weight is 275 g/mol. The molecule has 2 N–H and O–H groups in total. The van der Waals surface area contributed by atoms with Crippen LogP contribution < -0.4 is 5.73 Å². The maximum absolute atomic E-state index is 11.0. The van der Waals surface area contributed by atoms with Crippen molar-refractivity contribution in [2.45, 2.75) is 13.0 Å². The summed E-state index contributed by atoms with van der Waals surface area (Å²) < 4.78 is 0. The van der Waals surface area contributed by atoms with E-state index in [9.17, 15) is 4.79 Å². The second kappa shape index (κ2) is 6.45. The Morgan fingerprint density at radius 2 is 2.16 bits per heavy atom. The fraction of sp³-hybridized carbons (Fsp3) is 0.286. The predicted octanol–water partition coefficient (Wildman–Crippen LogP) is 1.92. The van der Waals surface area contributed by atoms with E-state index >= 15 is 0 Å². The number of aromatic nitrogens is 1. The lowest BCUT2D eigenvalue weighted by molar-refractivity contribution is 0.100. The van der Waals surface area contributed by atoms with Gasteiger partial charge in [0.25, 0.3) is 0 Å². The molecule has 0 atom stereocenters. The first-order valence-corrected chi connectivity index (χ1v) is 6.98. The number of primary amides is 1. The van der Waals surface area contributed by atoms with Crippen LogP contribution in [-0.4, -0.2) is 29.4 Å². The van der Waals surface area contributed by atoms with Gasteiger partial charge in [-0.15, -0.1) is 11.3 Å². The summed E-state index contributed by atoms with van der Waals surface area (Å²) in [6, 6.07) is 5.93. The van der Waals surface area contributed by atoms with Gasteiger partial charge in [0.1, 0.15) is 0 Å². The highest BCUT2D eigenvalue weighted by Gasteiger charge is 2.07. The molecule has 0 aliphatic rings. The minimum Gasteiger partial charge on any atom is -0.366 e. The zero-order valence-electron chi connectivity index (χ0n) is 10.9. The second-order valence-electron chi connectivity index (χ2n) is 4.51. The number of nitrogens with two attached hydrogens (primary N) is 1. The summed E-state index contributed by atoms with van der Waals surface area (Å²) in [5, 5.41) is 1.81. The molecular formula is C14H17N3OS. The second-order valence-corrected chi connectivity index (χ2v) is 5.50. The Morgan fingerprint density at radius 1 is 1.42 bits per heavy atom. The van der Waals surface area contributed by atoms with Crippen LogP contribution in [0.15, 0.2) is 36.0 Å². The van der Waals surface area contributed by atoms with Crippen molar-refractivity contribution in [2.75, 3.05) is 13.6 Å². The van der Waals surface area contributed by atoms with Gasteiger partial charge in [-0.1, -0.05) is 0 Å². The zero-order chi connectivity index (χ0) is 13.7. The van der Waals surface area contributed by atoms with Gasteiger partial charge in [-0.25, -0.2) is 0 Å². The minimum atomic E-state index is -0.359. The molecule has 0 saturated heterocycles. The van der Waals surface area contributed by atoms with Crippen molar-refractivity contribution in [3.63, 3.8) is 0 Å². The highest BCUT2D eigenvalue weighted by Crippen LogP contribution is 2.16. The third kappa shape index (κ3) is 4.15. The van der Waals surface area contributed by atoms with E-state index < -0.39 is 0 Å². The summed E-state index contributed by atoms with van der Waals surface area (Å²) >= 11 is 1.58. The van der Waals surface area contributed by atoms with Crippen molar-refractivity contribution >= 4 is 17.2 Å². The van der Waals surface area contributed by atoms with Crippen LogP contribution in [0.25, 0.3) is 0 Å². The Hall–Kier alpha value is -1.72. The van der Waals surface area contributed by atoms with Crippen molar-refractivity contribution < 1.29 is 4.79 Å². The monoisotopic (exact) mass is 275 g/mol. The topological polar surface area (TPSA) is 59.2 Å². The van der Waals surface area contributed by atoms with Crippen molar-refractivity contribution in [2.24, 2.45) is 5.73 Å². The van der Waals surface area contributed by atoms with Gasteiger partial charge in [0.15, 0.2) is 0 Å². The molecule has 100 valence electrons. The molecular weight excluding hydrogens is 258 g/mol. The Balaban J connectivity index is 1.83. The number of carbonyl (C=O) groups is 1. The van der Waals surface area contributed by atoms with E-state index in [-0.39, 0.29) is 5.91 Å². The Bertz CT molecular complexity index is 539. The number of thiophene rings is 1. The fourth-order valence-corrected chi connectivity index (χ4v) is 2.76. The summed E-state index contributed by atoms with van der Waals surface area (Å²) in [6.07, 6.45) is 4.62. The first kappa shape index (κ1) is 13.7. The first-order chi connectivity index (χ1) is 9.15. The van der Waals surface area contributed by atoms with Crippen molar-refractivity contribution in [1.29, 1.82) is 0 Å². The SMILES string of the molecule is CN(CCc1ccncc1)Cc1cc(C(N)=O)cs1. The number of carbonyl (C=O) groups excluding carboxylic acids is 1. The van der Waals surface area contributed by atoms with Crippen LogP contribution in [0.2, 0.25) is 0 Å². The maximum Gasteiger partial charge on any atom is 0.249 e. The number of hydrogen-bond donors (Lipinski definition) is 1. The normalized spacial score (nSPS) is 10.8. The molecule has 5 heteroatoms. The molecule has 0 fully saturated rings. The third-order valence-corrected chi connectivity index (χ3v) is 3.82. The van der Waals surface area contributed by atoms with Gasteiger partial charge in [0, 0.05) is 35.7 Å². The van der Waals surface area contributed by atoms with E-state index in [1.54, 1.807) is 11.3 Å². The van der Waals surface area contributed by atoms with Gasteiger partial charge in [-0.3, -0.25) is 9.78 Å². The van der Waals surface area contributed by atoms with E-state index in [1.165, 1.54) is 5.56 Å². The lowest BCUT2D eigenvalue weighted by Crippen LogP contribution is -2.20. The van der Waals surface area contributed by atoms with Gasteiger partial charge < -0.3 is 10.6 Å². The quantitative estimate of drug-likeness (QED) is 0.876. The van der Waals surface area contributed by atoms with E-state index in [0.29, 0.717) is 5.56 Å². The van der Waals surface area contributed by atoms with Crippen LogP contribution in [-0.2, 0) is 13.0 Å². The van der Waals surface area contributed by atoms with E-state index in [2.05, 4.69) is 16.9 Å². The molecule has 0 unspecified atom stereocenters. The molecule has 0 aliphatic carbocycles. The molecule has 0 spiro atoms. The molecule has 2 heterocycles. The van der Waals surface area contributed by atoms with E-state index in [1.807, 2.05) is 36.0 Å². The van der Waals surface area contributed by atoms with Crippen molar-refractivity contribution in [1.82, 2.24) is 9.88 Å². The molecule has 2 aromatic heterocycles. The van der Waals surface area contributed by atoms with Crippen molar-refractivity contribution in [3.05, 3.63) is 52.0 Å². The van der Waals surface area contributed by atoms with E-state index in [0.717, 1.165) is 24.4 Å². The molecule has 4 nitrogen and oxygen atoms in total. The molecule has 0 aromatic carbocycles. The summed E-state index contributed by atoms with van der Waals surface area (Å²) in [6.45, 7) is 1.80. The van der Waals surface area contributed by atoms with Crippen LogP contribution in [0.5, 0.6) is 0 Å². The Labute approximate surface area is 116 Å². The average Bonchev–Trinajstić information content (AvgIpc) is 2.86. The smallest absolute Gasteiger partial charge is 0.249 e. The zero-order valence-corrected chi connectivity index (χ0v) is 11.7. The van der Waals surface area contributed by atoms with Gasteiger partial charge in [0.05, 0.1) is 5.56 Å². The predicted molar refractivity (Wildman–Crippen MR) is 77.1 cm³/mol. The molecule has 0 aliphatic heterocycles. The lowest BCUT2D eigenvalue weighted by atomic mass is 10.2. The lowest BCUT2D eigenvalue weighted by Gasteiger charge is -2.15. The molecule has 2 aromatic rings. The van der Waals surface area contributed by atoms with Gasteiger partial charge in [0.2, 0.25) is 5.91 Å². The fourth-order valence-electron chi connectivity index (χ4n) is 1.81. The summed E-state index contributed by atoms with van der Waals surface area (Å²) in [7, 11) is 2.07. The van der Waals surface area contributed by atoms with Crippen molar-refractivity contribution in [3.8, 4) is 0 Å². The Morgan fingerprint density at radius 3 is 2.79 bits per heavy atom. The van der Waals surface area contributed by atoms with Crippen LogP contribution >= 0.6 is 11.3 Å².